The molecule has 0 saturated heterocycles. The van der Waals surface area contributed by atoms with E-state index < -0.39 is 0 Å². The van der Waals surface area contributed by atoms with Gasteiger partial charge in [0.25, 0.3) is 0 Å². The van der Waals surface area contributed by atoms with E-state index in [9.17, 15) is 9.18 Å². The van der Waals surface area contributed by atoms with Crippen molar-refractivity contribution in [2.24, 2.45) is 0 Å². The van der Waals surface area contributed by atoms with Crippen LogP contribution in [0.4, 0.5) is 4.39 Å². The number of hydrogen-bond donors (Lipinski definition) is 0. The zero-order valence-electron chi connectivity index (χ0n) is 11.9. The number of methoxy groups -OCH3 is 1. The van der Waals surface area contributed by atoms with Gasteiger partial charge in [0.15, 0.2) is 5.78 Å². The fourth-order valence-corrected chi connectivity index (χ4v) is 2.18. The molecule has 0 aromatic heterocycles. The zero-order valence-corrected chi connectivity index (χ0v) is 11.9. The lowest BCUT2D eigenvalue weighted by Crippen LogP contribution is -2.05. The minimum Gasteiger partial charge on any atom is -0.496 e. The van der Waals surface area contributed by atoms with Crippen molar-refractivity contribution in [2.75, 3.05) is 7.11 Å². The molecule has 0 atom stereocenters. The van der Waals surface area contributed by atoms with Crippen LogP contribution in [0.5, 0.6) is 5.75 Å². The van der Waals surface area contributed by atoms with E-state index in [1.807, 2.05) is 19.9 Å². The van der Waals surface area contributed by atoms with Gasteiger partial charge in [-0.1, -0.05) is 6.07 Å². The summed E-state index contributed by atoms with van der Waals surface area (Å²) in [6.07, 6.45) is 0.276. The maximum absolute atomic E-state index is 13.0. The van der Waals surface area contributed by atoms with Crippen LogP contribution in [0.25, 0.3) is 0 Å². The first kappa shape index (κ1) is 14.3. The highest BCUT2D eigenvalue weighted by molar-refractivity contribution is 5.98. The van der Waals surface area contributed by atoms with Crippen molar-refractivity contribution in [2.45, 2.75) is 20.3 Å². The molecule has 0 unspecified atom stereocenters. The summed E-state index contributed by atoms with van der Waals surface area (Å²) in [4.78, 5) is 12.3. The van der Waals surface area contributed by atoms with Crippen LogP contribution >= 0.6 is 0 Å². The molecule has 0 N–H and O–H groups in total. The SMILES string of the molecule is COc1ccc(C(=O)Cc2ccc(F)cc2C)cc1C. The minimum absolute atomic E-state index is 0.0189. The Hall–Kier alpha value is -2.16. The second-order valence-corrected chi connectivity index (χ2v) is 4.86. The van der Waals surface area contributed by atoms with E-state index in [1.54, 1.807) is 25.3 Å². The predicted octanol–water partition coefficient (Wildman–Crippen LogP) is 3.88. The lowest BCUT2D eigenvalue weighted by atomic mass is 9.98. The minimum atomic E-state index is -0.279. The van der Waals surface area contributed by atoms with Crippen LogP contribution in [0.1, 0.15) is 27.0 Å². The Morgan fingerprint density at radius 1 is 1.10 bits per heavy atom. The second kappa shape index (κ2) is 5.87. The number of hydrogen-bond acceptors (Lipinski definition) is 2. The predicted molar refractivity (Wildman–Crippen MR) is 76.9 cm³/mol. The number of benzene rings is 2. The smallest absolute Gasteiger partial charge is 0.167 e. The Balaban J connectivity index is 2.21. The molecule has 0 fully saturated rings. The molecule has 104 valence electrons. The van der Waals surface area contributed by atoms with Crippen molar-refractivity contribution < 1.29 is 13.9 Å². The molecule has 0 amide bonds. The van der Waals surface area contributed by atoms with Gasteiger partial charge in [-0.25, -0.2) is 4.39 Å². The van der Waals surface area contributed by atoms with E-state index in [-0.39, 0.29) is 18.0 Å². The van der Waals surface area contributed by atoms with Gasteiger partial charge in [-0.2, -0.15) is 0 Å². The van der Waals surface area contributed by atoms with Crippen molar-refractivity contribution in [3.63, 3.8) is 0 Å². The third kappa shape index (κ3) is 3.05. The van der Waals surface area contributed by atoms with Crippen LogP contribution < -0.4 is 4.74 Å². The quantitative estimate of drug-likeness (QED) is 0.790. The van der Waals surface area contributed by atoms with Crippen molar-refractivity contribution in [3.05, 3.63) is 64.5 Å². The molecule has 0 saturated carbocycles. The highest BCUT2D eigenvalue weighted by Gasteiger charge is 2.11. The fourth-order valence-electron chi connectivity index (χ4n) is 2.18. The van der Waals surface area contributed by atoms with Crippen LogP contribution in [0.15, 0.2) is 36.4 Å². The van der Waals surface area contributed by atoms with Crippen molar-refractivity contribution in [1.82, 2.24) is 0 Å². The largest absolute Gasteiger partial charge is 0.496 e. The highest BCUT2D eigenvalue weighted by Crippen LogP contribution is 2.20. The topological polar surface area (TPSA) is 26.3 Å². The van der Waals surface area contributed by atoms with Gasteiger partial charge in [0.1, 0.15) is 11.6 Å². The summed E-state index contributed by atoms with van der Waals surface area (Å²) < 4.78 is 18.2. The molecule has 0 aliphatic carbocycles. The van der Waals surface area contributed by atoms with E-state index >= 15 is 0 Å². The lowest BCUT2D eigenvalue weighted by Gasteiger charge is -2.08. The summed E-state index contributed by atoms with van der Waals surface area (Å²) in [7, 11) is 1.60. The number of carbonyl (C=O) groups is 1. The molecule has 2 rings (SSSR count). The first-order valence-corrected chi connectivity index (χ1v) is 6.44. The molecular weight excluding hydrogens is 255 g/mol. The summed E-state index contributed by atoms with van der Waals surface area (Å²) in [6.45, 7) is 3.71. The first-order valence-electron chi connectivity index (χ1n) is 6.44. The number of ketones is 1. The van der Waals surface area contributed by atoms with Gasteiger partial charge >= 0.3 is 0 Å². The summed E-state index contributed by atoms with van der Waals surface area (Å²) in [5.41, 5.74) is 3.22. The Morgan fingerprint density at radius 2 is 1.85 bits per heavy atom. The Labute approximate surface area is 118 Å². The Kier molecular flexibility index (Phi) is 4.18. The van der Waals surface area contributed by atoms with Crippen molar-refractivity contribution >= 4 is 5.78 Å². The summed E-state index contributed by atoms with van der Waals surface area (Å²) in [5, 5.41) is 0. The maximum Gasteiger partial charge on any atom is 0.167 e. The van der Waals surface area contributed by atoms with Gasteiger partial charge in [-0.05, 0) is 60.9 Å². The van der Waals surface area contributed by atoms with E-state index in [2.05, 4.69) is 0 Å². The molecule has 0 spiro atoms. The molecular formula is C17H17FO2. The number of Topliss-reactive ketones (excluding diaryl/α,β-unsaturated/α-hetero) is 1. The maximum atomic E-state index is 13.0. The normalized spacial score (nSPS) is 10.4. The van der Waals surface area contributed by atoms with E-state index in [4.69, 9.17) is 4.74 Å². The molecule has 0 aliphatic heterocycles. The van der Waals surface area contributed by atoms with Crippen LogP contribution in [-0.4, -0.2) is 12.9 Å². The van der Waals surface area contributed by atoms with Gasteiger partial charge in [-0.3, -0.25) is 4.79 Å². The van der Waals surface area contributed by atoms with Crippen molar-refractivity contribution in [1.29, 1.82) is 0 Å². The summed E-state index contributed by atoms with van der Waals surface area (Å²) in [6, 6.07) is 9.86. The van der Waals surface area contributed by atoms with Gasteiger partial charge in [-0.15, -0.1) is 0 Å². The molecule has 0 heterocycles. The molecule has 20 heavy (non-hydrogen) atoms. The van der Waals surface area contributed by atoms with Crippen LogP contribution in [-0.2, 0) is 6.42 Å². The summed E-state index contributed by atoms with van der Waals surface area (Å²) >= 11 is 0. The number of carbonyl (C=O) groups excluding carboxylic acids is 1. The summed E-state index contributed by atoms with van der Waals surface area (Å²) in [5.74, 6) is 0.504. The number of halogens is 1. The van der Waals surface area contributed by atoms with E-state index in [0.29, 0.717) is 5.56 Å². The van der Waals surface area contributed by atoms with Gasteiger partial charge in [0.05, 0.1) is 7.11 Å². The second-order valence-electron chi connectivity index (χ2n) is 4.86. The highest BCUT2D eigenvalue weighted by atomic mass is 19.1. The Morgan fingerprint density at radius 3 is 2.45 bits per heavy atom. The third-order valence-corrected chi connectivity index (χ3v) is 3.37. The zero-order chi connectivity index (χ0) is 14.7. The average Bonchev–Trinajstić information content (AvgIpc) is 2.41. The van der Waals surface area contributed by atoms with Gasteiger partial charge < -0.3 is 4.74 Å². The molecule has 2 nitrogen and oxygen atoms in total. The van der Waals surface area contributed by atoms with Crippen molar-refractivity contribution in [3.8, 4) is 5.75 Å². The van der Waals surface area contributed by atoms with E-state index in [1.165, 1.54) is 12.1 Å². The monoisotopic (exact) mass is 272 g/mol. The van der Waals surface area contributed by atoms with E-state index in [0.717, 1.165) is 22.4 Å². The number of rotatable bonds is 4. The van der Waals surface area contributed by atoms with Crippen LogP contribution in [0, 0.1) is 19.7 Å². The van der Waals surface area contributed by atoms with Crippen LogP contribution in [0.2, 0.25) is 0 Å². The fraction of sp³-hybridized carbons (Fsp3) is 0.235. The van der Waals surface area contributed by atoms with Gasteiger partial charge in [0, 0.05) is 12.0 Å². The molecule has 0 radical (unpaired) electrons. The number of aryl methyl sites for hydroxylation is 2. The first-order chi connectivity index (χ1) is 9.51. The number of ether oxygens (including phenoxy) is 1. The lowest BCUT2D eigenvalue weighted by molar-refractivity contribution is 0.0992. The van der Waals surface area contributed by atoms with Gasteiger partial charge in [0.2, 0.25) is 0 Å². The standard InChI is InChI=1S/C17H17FO2/c1-11-9-15(18)6-4-13(11)10-16(19)14-5-7-17(20-3)12(2)8-14/h4-9H,10H2,1-3H3. The third-order valence-electron chi connectivity index (χ3n) is 3.37. The molecule has 3 heteroatoms. The Bertz CT molecular complexity index is 647. The molecule has 0 bridgehead atoms. The molecule has 2 aromatic carbocycles. The molecule has 0 aliphatic rings. The molecule has 2 aromatic rings. The average molecular weight is 272 g/mol. The van der Waals surface area contributed by atoms with Crippen LogP contribution in [0.3, 0.4) is 0 Å².